The van der Waals surface area contributed by atoms with E-state index in [0.29, 0.717) is 12.2 Å². The van der Waals surface area contributed by atoms with Crippen molar-refractivity contribution in [1.82, 2.24) is 5.43 Å². The molecule has 25 heavy (non-hydrogen) atoms. The second kappa shape index (κ2) is 9.44. The van der Waals surface area contributed by atoms with Gasteiger partial charge < -0.3 is 14.9 Å². The largest absolute Gasteiger partial charge is 0.507 e. The number of hydrazone groups is 1. The third-order valence-corrected chi connectivity index (χ3v) is 3.55. The number of amides is 1. The number of aliphatic hydroxyl groups is 1. The summed E-state index contributed by atoms with van der Waals surface area (Å²) in [6, 6.07) is 13.8. The monoisotopic (exact) mass is 342 g/mol. The van der Waals surface area contributed by atoms with Gasteiger partial charge in [0.2, 0.25) is 5.91 Å². The lowest BCUT2D eigenvalue weighted by atomic mass is 10.0. The lowest BCUT2D eigenvalue weighted by Crippen LogP contribution is -2.18. The minimum absolute atomic E-state index is 0.0893. The first kappa shape index (κ1) is 18.5. The normalized spacial score (nSPS) is 12.1. The van der Waals surface area contributed by atoms with E-state index in [1.807, 2.05) is 6.92 Å². The SMILES string of the molecule is CCOc1ccc(C(O)CCC(=O)N/N=C\c2ccccc2O)cc1. The Balaban J connectivity index is 1.78. The number of aliphatic hydroxyl groups excluding tert-OH is 1. The van der Waals surface area contributed by atoms with Crippen molar-refractivity contribution >= 4 is 12.1 Å². The van der Waals surface area contributed by atoms with Gasteiger partial charge in [-0.3, -0.25) is 4.79 Å². The van der Waals surface area contributed by atoms with E-state index >= 15 is 0 Å². The van der Waals surface area contributed by atoms with E-state index < -0.39 is 6.10 Å². The number of aromatic hydroxyl groups is 1. The Hall–Kier alpha value is -2.86. The van der Waals surface area contributed by atoms with Gasteiger partial charge in [0.25, 0.3) is 0 Å². The quantitative estimate of drug-likeness (QED) is 0.508. The summed E-state index contributed by atoms with van der Waals surface area (Å²) in [7, 11) is 0. The highest BCUT2D eigenvalue weighted by Gasteiger charge is 2.10. The van der Waals surface area contributed by atoms with Gasteiger partial charge in [-0.15, -0.1) is 0 Å². The zero-order chi connectivity index (χ0) is 18.1. The number of ether oxygens (including phenoxy) is 1. The van der Waals surface area contributed by atoms with Crippen molar-refractivity contribution in [2.45, 2.75) is 25.9 Å². The van der Waals surface area contributed by atoms with Crippen molar-refractivity contribution in [2.75, 3.05) is 6.61 Å². The number of para-hydroxylation sites is 1. The molecule has 6 heteroatoms. The molecule has 0 heterocycles. The minimum Gasteiger partial charge on any atom is -0.507 e. The van der Waals surface area contributed by atoms with Gasteiger partial charge in [-0.1, -0.05) is 24.3 Å². The van der Waals surface area contributed by atoms with Crippen LogP contribution in [0.25, 0.3) is 0 Å². The van der Waals surface area contributed by atoms with Crippen molar-refractivity contribution in [3.63, 3.8) is 0 Å². The zero-order valence-electron chi connectivity index (χ0n) is 14.1. The maximum atomic E-state index is 11.8. The van der Waals surface area contributed by atoms with Crippen LogP contribution in [-0.4, -0.2) is 28.9 Å². The fourth-order valence-electron chi connectivity index (χ4n) is 2.21. The number of benzene rings is 2. The number of phenols is 1. The molecular formula is C19H22N2O4. The molecule has 1 unspecified atom stereocenters. The van der Waals surface area contributed by atoms with Gasteiger partial charge in [0.05, 0.1) is 18.9 Å². The molecule has 0 fully saturated rings. The molecule has 1 amide bonds. The van der Waals surface area contributed by atoms with E-state index in [-0.39, 0.29) is 24.5 Å². The second-order valence-corrected chi connectivity index (χ2v) is 5.41. The molecule has 132 valence electrons. The molecule has 1 atom stereocenters. The summed E-state index contributed by atoms with van der Waals surface area (Å²) in [6.07, 6.45) is 1.05. The third-order valence-electron chi connectivity index (χ3n) is 3.55. The molecule has 0 aromatic heterocycles. The highest BCUT2D eigenvalue weighted by atomic mass is 16.5. The van der Waals surface area contributed by atoms with Crippen LogP contribution in [0.2, 0.25) is 0 Å². The predicted molar refractivity (Wildman–Crippen MR) is 95.6 cm³/mol. The fourth-order valence-corrected chi connectivity index (χ4v) is 2.21. The average Bonchev–Trinajstić information content (AvgIpc) is 2.62. The Morgan fingerprint density at radius 1 is 1.24 bits per heavy atom. The predicted octanol–water partition coefficient (Wildman–Crippen LogP) is 2.75. The van der Waals surface area contributed by atoms with E-state index in [1.165, 1.54) is 12.3 Å². The molecule has 2 rings (SSSR count). The Bertz CT molecular complexity index is 714. The molecule has 0 aliphatic heterocycles. The van der Waals surface area contributed by atoms with Crippen molar-refractivity contribution in [3.8, 4) is 11.5 Å². The van der Waals surface area contributed by atoms with Gasteiger partial charge in [0, 0.05) is 12.0 Å². The van der Waals surface area contributed by atoms with Gasteiger partial charge in [0.1, 0.15) is 11.5 Å². The average molecular weight is 342 g/mol. The maximum absolute atomic E-state index is 11.8. The molecule has 0 radical (unpaired) electrons. The summed E-state index contributed by atoms with van der Waals surface area (Å²) in [5, 5.41) is 23.5. The van der Waals surface area contributed by atoms with Crippen molar-refractivity contribution in [3.05, 3.63) is 59.7 Å². The number of phenolic OH excluding ortho intramolecular Hbond substituents is 1. The van der Waals surface area contributed by atoms with Gasteiger partial charge >= 0.3 is 0 Å². The van der Waals surface area contributed by atoms with Crippen LogP contribution in [0.1, 0.15) is 37.0 Å². The Labute approximate surface area is 146 Å². The molecule has 2 aromatic rings. The number of hydrogen-bond acceptors (Lipinski definition) is 5. The van der Waals surface area contributed by atoms with Crippen LogP contribution in [0.4, 0.5) is 0 Å². The molecule has 0 saturated carbocycles. The number of carbonyl (C=O) groups excluding carboxylic acids is 1. The number of rotatable bonds is 8. The van der Waals surface area contributed by atoms with Crippen LogP contribution in [0.15, 0.2) is 53.6 Å². The van der Waals surface area contributed by atoms with E-state index in [4.69, 9.17) is 4.74 Å². The number of carbonyl (C=O) groups is 1. The first-order chi connectivity index (χ1) is 12.1. The standard InChI is InChI=1S/C19H22N2O4/c1-2-25-16-9-7-14(8-10-16)18(23)11-12-19(24)21-20-13-15-5-3-4-6-17(15)22/h3-10,13,18,22-23H,2,11-12H2,1H3,(H,21,24)/b20-13-. The van der Waals surface area contributed by atoms with Crippen LogP contribution in [0, 0.1) is 0 Å². The Kier molecular flexibility index (Phi) is 6.98. The molecule has 0 spiro atoms. The highest BCUT2D eigenvalue weighted by molar-refractivity contribution is 5.84. The molecule has 0 aliphatic rings. The van der Waals surface area contributed by atoms with E-state index in [2.05, 4.69) is 10.5 Å². The van der Waals surface area contributed by atoms with Gasteiger partial charge in [-0.25, -0.2) is 5.43 Å². The molecular weight excluding hydrogens is 320 g/mol. The maximum Gasteiger partial charge on any atom is 0.240 e. The van der Waals surface area contributed by atoms with E-state index in [1.54, 1.807) is 42.5 Å². The summed E-state index contributed by atoms with van der Waals surface area (Å²) in [5.74, 6) is 0.526. The lowest BCUT2D eigenvalue weighted by Gasteiger charge is -2.11. The van der Waals surface area contributed by atoms with Gasteiger partial charge in [0.15, 0.2) is 0 Å². The van der Waals surface area contributed by atoms with Crippen LogP contribution < -0.4 is 10.2 Å². The fraction of sp³-hybridized carbons (Fsp3) is 0.263. The molecule has 6 nitrogen and oxygen atoms in total. The molecule has 0 saturated heterocycles. The topological polar surface area (TPSA) is 91.2 Å². The third kappa shape index (κ3) is 5.93. The number of nitrogens with zero attached hydrogens (tertiary/aromatic N) is 1. The molecule has 0 aliphatic carbocycles. The van der Waals surface area contributed by atoms with E-state index in [9.17, 15) is 15.0 Å². The van der Waals surface area contributed by atoms with Crippen LogP contribution in [0.3, 0.4) is 0 Å². The number of nitrogens with one attached hydrogen (secondary N) is 1. The van der Waals surface area contributed by atoms with Crippen LogP contribution >= 0.6 is 0 Å². The van der Waals surface area contributed by atoms with Crippen molar-refractivity contribution < 1.29 is 19.7 Å². The first-order valence-electron chi connectivity index (χ1n) is 8.11. The van der Waals surface area contributed by atoms with Crippen LogP contribution in [0.5, 0.6) is 11.5 Å². The number of hydrogen-bond donors (Lipinski definition) is 3. The Morgan fingerprint density at radius 3 is 2.64 bits per heavy atom. The zero-order valence-corrected chi connectivity index (χ0v) is 14.1. The Morgan fingerprint density at radius 2 is 1.96 bits per heavy atom. The van der Waals surface area contributed by atoms with Crippen LogP contribution in [-0.2, 0) is 4.79 Å². The van der Waals surface area contributed by atoms with Gasteiger partial charge in [-0.05, 0) is 43.2 Å². The highest BCUT2D eigenvalue weighted by Crippen LogP contribution is 2.21. The van der Waals surface area contributed by atoms with Crippen molar-refractivity contribution in [2.24, 2.45) is 5.10 Å². The summed E-state index contributed by atoms with van der Waals surface area (Å²) < 4.78 is 5.35. The molecule has 0 bridgehead atoms. The minimum atomic E-state index is -0.733. The first-order valence-corrected chi connectivity index (χ1v) is 8.11. The lowest BCUT2D eigenvalue weighted by molar-refractivity contribution is -0.121. The summed E-state index contributed by atoms with van der Waals surface area (Å²) in [5.41, 5.74) is 3.62. The summed E-state index contributed by atoms with van der Waals surface area (Å²) in [4.78, 5) is 11.8. The molecule has 2 aromatic carbocycles. The van der Waals surface area contributed by atoms with E-state index in [0.717, 1.165) is 11.3 Å². The van der Waals surface area contributed by atoms with Gasteiger partial charge in [-0.2, -0.15) is 5.10 Å². The molecule has 3 N–H and O–H groups in total. The second-order valence-electron chi connectivity index (χ2n) is 5.41. The summed E-state index contributed by atoms with van der Waals surface area (Å²) in [6.45, 7) is 2.49. The smallest absolute Gasteiger partial charge is 0.240 e. The summed E-state index contributed by atoms with van der Waals surface area (Å²) >= 11 is 0. The van der Waals surface area contributed by atoms with Crippen molar-refractivity contribution in [1.29, 1.82) is 0 Å².